The Bertz CT molecular complexity index is 1450. The second-order valence-corrected chi connectivity index (χ2v) is 6.46. The van der Waals surface area contributed by atoms with E-state index in [1.54, 1.807) is 6.07 Å². The van der Waals surface area contributed by atoms with Crippen molar-refractivity contribution in [1.29, 1.82) is 0 Å². The van der Waals surface area contributed by atoms with Crippen LogP contribution < -0.4 is 16.6 Å². The number of anilines is 2. The van der Waals surface area contributed by atoms with Crippen LogP contribution in [-0.4, -0.2) is 29.9 Å². The van der Waals surface area contributed by atoms with Gasteiger partial charge in [-0.15, -0.1) is 0 Å². The van der Waals surface area contributed by atoms with Gasteiger partial charge in [0.05, 0.1) is 18.4 Å². The minimum atomic E-state index is -0.713. The highest BCUT2D eigenvalue weighted by molar-refractivity contribution is 5.82. The van der Waals surface area contributed by atoms with Gasteiger partial charge >= 0.3 is 0 Å². The van der Waals surface area contributed by atoms with E-state index in [4.69, 9.17) is 5.73 Å². The van der Waals surface area contributed by atoms with Crippen molar-refractivity contribution in [3.63, 3.8) is 0 Å². The Balaban J connectivity index is 0.000000248. The van der Waals surface area contributed by atoms with Gasteiger partial charge < -0.3 is 21.0 Å². The molecule has 0 saturated carbocycles. The van der Waals surface area contributed by atoms with Crippen molar-refractivity contribution in [3.8, 4) is 0 Å². The molecule has 0 fully saturated rings. The molecule has 12 heteroatoms. The first-order valence-electron chi connectivity index (χ1n) is 10.2. The number of H-pyrrole nitrogens is 2. The number of aromatic amines is 2. The highest BCUT2D eigenvalue weighted by Crippen LogP contribution is 2.16. The SMILES string of the molecule is CC.Nc1c(F)cccc1F.O=c1[nH]c(CNc2ncnc3nc[nH]c23)nc2cccc(F)c12. The summed E-state index contributed by atoms with van der Waals surface area (Å²) in [6.45, 7) is 4.22. The number of rotatable bonds is 3. The molecule has 2 aromatic carbocycles. The summed E-state index contributed by atoms with van der Waals surface area (Å²) in [7, 11) is 0. The Kier molecular flexibility index (Phi) is 7.75. The van der Waals surface area contributed by atoms with Gasteiger partial charge in [0.25, 0.3) is 5.56 Å². The first kappa shape index (κ1) is 24.2. The van der Waals surface area contributed by atoms with E-state index >= 15 is 0 Å². The number of halogens is 3. The first-order valence-corrected chi connectivity index (χ1v) is 10.2. The van der Waals surface area contributed by atoms with E-state index in [1.807, 2.05) is 13.8 Å². The molecule has 0 atom stereocenters. The zero-order chi connectivity index (χ0) is 24.7. The fraction of sp³-hybridized carbons (Fsp3) is 0.136. The van der Waals surface area contributed by atoms with Crippen molar-refractivity contribution in [1.82, 2.24) is 29.9 Å². The predicted octanol–water partition coefficient (Wildman–Crippen LogP) is 3.91. The quantitative estimate of drug-likeness (QED) is 0.293. The van der Waals surface area contributed by atoms with Crippen LogP contribution in [0.4, 0.5) is 24.7 Å². The Hall–Kier alpha value is -4.48. The summed E-state index contributed by atoms with van der Waals surface area (Å²) in [5, 5.41) is 3.00. The molecular formula is C22H21F3N8O. The van der Waals surface area contributed by atoms with Crippen molar-refractivity contribution in [2.75, 3.05) is 11.1 Å². The average molecular weight is 470 g/mol. The van der Waals surface area contributed by atoms with Gasteiger partial charge in [0.15, 0.2) is 11.5 Å². The maximum atomic E-state index is 13.7. The average Bonchev–Trinajstić information content (AvgIpc) is 3.32. The van der Waals surface area contributed by atoms with E-state index in [0.29, 0.717) is 28.3 Å². The fourth-order valence-corrected chi connectivity index (χ4v) is 2.86. The van der Waals surface area contributed by atoms with E-state index in [2.05, 4.69) is 35.2 Å². The van der Waals surface area contributed by atoms with Crippen molar-refractivity contribution < 1.29 is 13.2 Å². The molecule has 0 radical (unpaired) electrons. The molecule has 34 heavy (non-hydrogen) atoms. The van der Waals surface area contributed by atoms with E-state index in [1.165, 1.54) is 30.9 Å². The molecule has 3 aromatic heterocycles. The molecule has 176 valence electrons. The van der Waals surface area contributed by atoms with Crippen molar-refractivity contribution >= 4 is 33.6 Å². The number of imidazole rings is 1. The van der Waals surface area contributed by atoms with Crippen LogP contribution in [0.2, 0.25) is 0 Å². The first-order chi connectivity index (χ1) is 16.4. The number of aromatic nitrogens is 6. The Morgan fingerprint density at radius 1 is 0.971 bits per heavy atom. The monoisotopic (exact) mass is 470 g/mol. The minimum absolute atomic E-state index is 0.0470. The van der Waals surface area contributed by atoms with Crippen LogP contribution in [0.5, 0.6) is 0 Å². The third-order valence-electron chi connectivity index (χ3n) is 4.38. The third-order valence-corrected chi connectivity index (χ3v) is 4.38. The lowest BCUT2D eigenvalue weighted by Gasteiger charge is -2.06. The highest BCUT2D eigenvalue weighted by atomic mass is 19.1. The van der Waals surface area contributed by atoms with E-state index < -0.39 is 28.7 Å². The number of nitrogens with one attached hydrogen (secondary N) is 3. The molecule has 0 amide bonds. The number of hydrogen-bond acceptors (Lipinski definition) is 7. The molecule has 0 aliphatic rings. The second-order valence-electron chi connectivity index (χ2n) is 6.46. The van der Waals surface area contributed by atoms with Crippen LogP contribution in [0.25, 0.3) is 22.1 Å². The Morgan fingerprint density at radius 3 is 2.35 bits per heavy atom. The smallest absolute Gasteiger partial charge is 0.261 e. The summed E-state index contributed by atoms with van der Waals surface area (Å²) in [6.07, 6.45) is 2.90. The zero-order valence-corrected chi connectivity index (χ0v) is 18.2. The number of nitrogens with zero attached hydrogens (tertiary/aromatic N) is 4. The molecule has 0 unspecified atom stereocenters. The standard InChI is InChI=1S/C14H10FN7O.C6H5F2N.C2H6/c15-7-2-1-3-8-10(7)14(23)22-9(21-8)4-16-12-11-13(18-5-17-11)20-6-19-12;7-4-2-1-3-5(8)6(4)9;1-2/h1-3,5-6H,4H2,(H,21,22,23)(H2,16,17,18,19,20);1-3H,9H2;1-2H3. The lowest BCUT2D eigenvalue weighted by molar-refractivity contribution is 0.592. The fourth-order valence-electron chi connectivity index (χ4n) is 2.86. The van der Waals surface area contributed by atoms with Gasteiger partial charge in [0, 0.05) is 0 Å². The second kappa shape index (κ2) is 10.9. The van der Waals surface area contributed by atoms with Gasteiger partial charge in [0.1, 0.15) is 46.2 Å². The summed E-state index contributed by atoms with van der Waals surface area (Å²) in [4.78, 5) is 33.9. The van der Waals surface area contributed by atoms with Gasteiger partial charge in [-0.25, -0.2) is 33.1 Å². The van der Waals surface area contributed by atoms with Gasteiger partial charge in [-0.2, -0.15) is 0 Å². The summed E-state index contributed by atoms with van der Waals surface area (Å²) < 4.78 is 38.1. The number of hydrogen-bond donors (Lipinski definition) is 4. The number of para-hydroxylation sites is 1. The molecule has 5 N–H and O–H groups in total. The maximum absolute atomic E-state index is 13.7. The van der Waals surface area contributed by atoms with E-state index in [0.717, 1.165) is 12.1 Å². The van der Waals surface area contributed by atoms with Crippen LogP contribution in [0.3, 0.4) is 0 Å². The van der Waals surface area contributed by atoms with Gasteiger partial charge in [-0.1, -0.05) is 26.0 Å². The van der Waals surface area contributed by atoms with Crippen LogP contribution in [-0.2, 0) is 6.54 Å². The van der Waals surface area contributed by atoms with Gasteiger partial charge in [-0.3, -0.25) is 4.79 Å². The summed E-state index contributed by atoms with van der Waals surface area (Å²) in [5.74, 6) is -1.11. The molecular weight excluding hydrogens is 449 g/mol. The third kappa shape index (κ3) is 5.28. The van der Waals surface area contributed by atoms with Gasteiger partial charge in [0.2, 0.25) is 0 Å². The lowest BCUT2D eigenvalue weighted by atomic mass is 10.2. The van der Waals surface area contributed by atoms with Crippen LogP contribution in [0.15, 0.2) is 53.8 Å². The molecule has 0 aliphatic heterocycles. The number of nitrogen functional groups attached to an aromatic ring is 1. The number of nitrogens with two attached hydrogens (primary N) is 1. The molecule has 5 aromatic rings. The lowest BCUT2D eigenvalue weighted by Crippen LogP contribution is -2.16. The van der Waals surface area contributed by atoms with Crippen molar-refractivity contribution in [3.05, 3.63) is 82.7 Å². The van der Waals surface area contributed by atoms with Gasteiger partial charge in [-0.05, 0) is 24.3 Å². The van der Waals surface area contributed by atoms with Crippen molar-refractivity contribution in [2.24, 2.45) is 0 Å². The minimum Gasteiger partial charge on any atom is -0.394 e. The number of fused-ring (bicyclic) bond motifs is 2. The Labute approximate surface area is 191 Å². The Morgan fingerprint density at radius 2 is 1.65 bits per heavy atom. The van der Waals surface area contributed by atoms with E-state index in [9.17, 15) is 18.0 Å². The predicted molar refractivity (Wildman–Crippen MR) is 123 cm³/mol. The molecule has 0 aliphatic carbocycles. The summed E-state index contributed by atoms with van der Waals surface area (Å²) >= 11 is 0. The zero-order valence-electron chi connectivity index (χ0n) is 18.2. The molecule has 5 rings (SSSR count). The molecule has 0 spiro atoms. The topological polar surface area (TPSA) is 138 Å². The van der Waals surface area contributed by atoms with Crippen molar-refractivity contribution in [2.45, 2.75) is 20.4 Å². The van der Waals surface area contributed by atoms with Crippen LogP contribution in [0, 0.1) is 17.5 Å². The van der Waals surface area contributed by atoms with Crippen LogP contribution >= 0.6 is 0 Å². The summed E-state index contributed by atoms with van der Waals surface area (Å²) in [5.41, 5.74) is 5.49. The molecule has 3 heterocycles. The molecule has 9 nitrogen and oxygen atoms in total. The normalized spacial score (nSPS) is 10.3. The van der Waals surface area contributed by atoms with E-state index in [-0.39, 0.29) is 11.9 Å². The molecule has 0 saturated heterocycles. The summed E-state index contributed by atoms with van der Waals surface area (Å²) in [6, 6.07) is 7.82. The maximum Gasteiger partial charge on any atom is 0.261 e. The largest absolute Gasteiger partial charge is 0.394 e. The highest BCUT2D eigenvalue weighted by Gasteiger charge is 2.10. The number of benzene rings is 2. The molecule has 0 bridgehead atoms. The van der Waals surface area contributed by atoms with Crippen LogP contribution in [0.1, 0.15) is 19.7 Å².